The number of rotatable bonds is 15. The Balaban J connectivity index is 1.86. The van der Waals surface area contributed by atoms with E-state index in [9.17, 15) is 14.4 Å². The standard InChI is InChI=1S/C32H46N8O3/c1-32(24-11-6-3-7-12-24,20-22-14-16-23(17-15-22)27(33)34)30(43)40-26(19-21-9-4-2-5-10-21)29(42)39-25(28(35)41)13-8-18-38-31(36)37/h3,6-7,11-12,14-17,21,25-26H,2,4-5,8-10,13,18-20H2,1H3,(H3,33,34)(H2,35,41)(H,39,42)(H,40,43)(H4,36,37,38)/t25-,26-,32+/m0/s1. The van der Waals surface area contributed by atoms with Gasteiger partial charge >= 0.3 is 0 Å². The molecule has 1 aliphatic rings. The van der Waals surface area contributed by atoms with Crippen LogP contribution in [0.5, 0.6) is 0 Å². The number of nitrogens with zero attached hydrogens (tertiary/aromatic N) is 1. The molecule has 232 valence electrons. The molecule has 1 aliphatic carbocycles. The predicted octanol–water partition coefficient (Wildman–Crippen LogP) is 1.95. The van der Waals surface area contributed by atoms with E-state index >= 15 is 0 Å². The maximum Gasteiger partial charge on any atom is 0.243 e. The largest absolute Gasteiger partial charge is 0.384 e. The lowest BCUT2D eigenvalue weighted by atomic mass is 9.76. The summed E-state index contributed by atoms with van der Waals surface area (Å²) in [6.45, 7) is 2.16. The van der Waals surface area contributed by atoms with Gasteiger partial charge in [-0.05, 0) is 49.7 Å². The SMILES string of the molecule is C[C@](Cc1ccc(C(=N)N)cc1)(C(=O)N[C@@H](CC1CCCCC1)C(=O)N[C@@H](CCCN=C(N)N)C(N)=O)c1ccccc1. The summed E-state index contributed by atoms with van der Waals surface area (Å²) in [6.07, 6.45) is 6.82. The van der Waals surface area contributed by atoms with Crippen LogP contribution in [0.1, 0.15) is 75.0 Å². The van der Waals surface area contributed by atoms with E-state index in [4.69, 9.17) is 28.3 Å². The molecule has 0 aromatic heterocycles. The van der Waals surface area contributed by atoms with Gasteiger partial charge in [0.15, 0.2) is 5.96 Å². The fourth-order valence-corrected chi connectivity index (χ4v) is 5.70. The Morgan fingerprint density at radius 3 is 2.16 bits per heavy atom. The van der Waals surface area contributed by atoms with E-state index < -0.39 is 29.3 Å². The van der Waals surface area contributed by atoms with E-state index in [1.165, 1.54) is 0 Å². The first-order valence-corrected chi connectivity index (χ1v) is 14.9. The third-order valence-corrected chi connectivity index (χ3v) is 8.26. The third-order valence-electron chi connectivity index (χ3n) is 8.26. The molecule has 0 heterocycles. The third kappa shape index (κ3) is 9.83. The lowest BCUT2D eigenvalue weighted by molar-refractivity contribution is -0.133. The molecule has 0 unspecified atom stereocenters. The lowest BCUT2D eigenvalue weighted by Crippen LogP contribution is -2.56. The number of carbonyl (C=O) groups is 3. The van der Waals surface area contributed by atoms with Gasteiger partial charge in [0.2, 0.25) is 17.7 Å². The smallest absolute Gasteiger partial charge is 0.243 e. The molecule has 0 aliphatic heterocycles. The van der Waals surface area contributed by atoms with Crippen molar-refractivity contribution in [2.75, 3.05) is 6.54 Å². The minimum Gasteiger partial charge on any atom is -0.384 e. The van der Waals surface area contributed by atoms with Crippen LogP contribution >= 0.6 is 0 Å². The first-order chi connectivity index (χ1) is 20.5. The second kappa shape index (κ2) is 15.7. The fraction of sp³-hybridized carbons (Fsp3) is 0.469. The van der Waals surface area contributed by atoms with Crippen LogP contribution in [-0.2, 0) is 26.2 Å². The molecule has 0 spiro atoms. The van der Waals surface area contributed by atoms with Crippen LogP contribution in [0.25, 0.3) is 0 Å². The molecule has 2 aromatic rings. The van der Waals surface area contributed by atoms with Crippen molar-refractivity contribution in [3.8, 4) is 0 Å². The van der Waals surface area contributed by atoms with E-state index in [0.29, 0.717) is 31.4 Å². The van der Waals surface area contributed by atoms with Gasteiger partial charge in [-0.2, -0.15) is 0 Å². The van der Waals surface area contributed by atoms with Gasteiger partial charge in [-0.25, -0.2) is 0 Å². The Morgan fingerprint density at radius 2 is 1.58 bits per heavy atom. The summed E-state index contributed by atoms with van der Waals surface area (Å²) in [5.74, 6) is -1.20. The molecule has 43 heavy (non-hydrogen) atoms. The van der Waals surface area contributed by atoms with Crippen molar-refractivity contribution in [3.05, 3.63) is 71.3 Å². The van der Waals surface area contributed by atoms with Gasteiger partial charge in [0, 0.05) is 12.1 Å². The van der Waals surface area contributed by atoms with E-state index in [-0.39, 0.29) is 30.0 Å². The molecule has 0 saturated heterocycles. The van der Waals surface area contributed by atoms with Crippen molar-refractivity contribution in [2.24, 2.45) is 33.8 Å². The minimum atomic E-state index is -1.02. The highest BCUT2D eigenvalue weighted by Crippen LogP contribution is 2.31. The van der Waals surface area contributed by atoms with Gasteiger partial charge in [-0.3, -0.25) is 24.8 Å². The normalized spacial score (nSPS) is 16.2. The number of guanidine groups is 1. The summed E-state index contributed by atoms with van der Waals surface area (Å²) < 4.78 is 0. The van der Waals surface area contributed by atoms with Gasteiger partial charge in [-0.15, -0.1) is 0 Å². The van der Waals surface area contributed by atoms with Crippen molar-refractivity contribution in [1.29, 1.82) is 5.41 Å². The van der Waals surface area contributed by atoms with Gasteiger partial charge < -0.3 is 33.6 Å². The number of nitrogen functional groups attached to an aromatic ring is 1. The van der Waals surface area contributed by atoms with Crippen LogP contribution in [0, 0.1) is 11.3 Å². The Morgan fingerprint density at radius 1 is 0.930 bits per heavy atom. The van der Waals surface area contributed by atoms with Gasteiger partial charge in [0.25, 0.3) is 0 Å². The number of benzene rings is 2. The number of nitrogens with two attached hydrogens (primary N) is 4. The summed E-state index contributed by atoms with van der Waals surface area (Å²) in [4.78, 5) is 44.1. The zero-order chi connectivity index (χ0) is 31.4. The maximum absolute atomic E-state index is 14.2. The zero-order valence-electron chi connectivity index (χ0n) is 25.0. The number of aliphatic imine (C=N–C) groups is 1. The first kappa shape index (κ1) is 33.1. The molecule has 11 N–H and O–H groups in total. The molecule has 3 amide bonds. The lowest BCUT2D eigenvalue weighted by Gasteiger charge is -2.33. The number of hydrogen-bond acceptors (Lipinski definition) is 5. The quantitative estimate of drug-likeness (QED) is 0.0934. The second-order valence-corrected chi connectivity index (χ2v) is 11.7. The number of primary amides is 1. The van der Waals surface area contributed by atoms with Crippen LogP contribution < -0.4 is 33.6 Å². The van der Waals surface area contributed by atoms with Crippen molar-refractivity contribution < 1.29 is 14.4 Å². The second-order valence-electron chi connectivity index (χ2n) is 11.7. The number of amidine groups is 1. The maximum atomic E-state index is 14.2. The molecular weight excluding hydrogens is 544 g/mol. The highest BCUT2D eigenvalue weighted by Gasteiger charge is 2.38. The Bertz CT molecular complexity index is 1270. The summed E-state index contributed by atoms with van der Waals surface area (Å²) >= 11 is 0. The molecule has 2 aromatic carbocycles. The molecule has 0 bridgehead atoms. The van der Waals surface area contributed by atoms with Crippen LogP contribution in [0.4, 0.5) is 0 Å². The van der Waals surface area contributed by atoms with E-state index in [2.05, 4.69) is 15.6 Å². The van der Waals surface area contributed by atoms with Gasteiger partial charge in [-0.1, -0.05) is 86.7 Å². The Kier molecular flexibility index (Phi) is 12.1. The first-order valence-electron chi connectivity index (χ1n) is 14.9. The molecule has 1 fully saturated rings. The topological polar surface area (TPSA) is 216 Å². The number of amides is 3. The van der Waals surface area contributed by atoms with Crippen molar-refractivity contribution in [1.82, 2.24) is 10.6 Å². The molecule has 0 radical (unpaired) electrons. The van der Waals surface area contributed by atoms with Crippen molar-refractivity contribution >= 4 is 29.5 Å². The van der Waals surface area contributed by atoms with Gasteiger partial charge in [0.05, 0.1) is 5.41 Å². The van der Waals surface area contributed by atoms with Crippen LogP contribution in [0.2, 0.25) is 0 Å². The summed E-state index contributed by atoms with van der Waals surface area (Å²) in [7, 11) is 0. The summed E-state index contributed by atoms with van der Waals surface area (Å²) in [5, 5.41) is 13.5. The molecule has 3 rings (SSSR count). The minimum absolute atomic E-state index is 0.0304. The molecular formula is C32H46N8O3. The highest BCUT2D eigenvalue weighted by molar-refractivity contribution is 5.96. The molecule has 1 saturated carbocycles. The monoisotopic (exact) mass is 590 g/mol. The molecule has 11 nitrogen and oxygen atoms in total. The average Bonchev–Trinajstić information content (AvgIpc) is 2.99. The number of nitrogens with one attached hydrogen (secondary N) is 3. The van der Waals surface area contributed by atoms with E-state index in [1.807, 2.05) is 49.4 Å². The van der Waals surface area contributed by atoms with Crippen molar-refractivity contribution in [2.45, 2.75) is 82.2 Å². The van der Waals surface area contributed by atoms with Crippen LogP contribution in [0.3, 0.4) is 0 Å². The summed E-state index contributed by atoms with van der Waals surface area (Å²) in [6, 6.07) is 14.9. The predicted molar refractivity (Wildman–Crippen MR) is 169 cm³/mol. The van der Waals surface area contributed by atoms with Crippen molar-refractivity contribution in [3.63, 3.8) is 0 Å². The highest BCUT2D eigenvalue weighted by atomic mass is 16.2. The Hall–Kier alpha value is -4.41. The molecule has 3 atom stereocenters. The zero-order valence-corrected chi connectivity index (χ0v) is 25.0. The molecule has 11 heteroatoms. The summed E-state index contributed by atoms with van der Waals surface area (Å²) in [5.41, 5.74) is 23.3. The fourth-order valence-electron chi connectivity index (χ4n) is 5.70. The van der Waals surface area contributed by atoms with E-state index in [1.54, 1.807) is 12.1 Å². The van der Waals surface area contributed by atoms with E-state index in [0.717, 1.165) is 43.2 Å². The van der Waals surface area contributed by atoms with Gasteiger partial charge in [0.1, 0.15) is 17.9 Å². The number of carbonyl (C=O) groups excluding carboxylic acids is 3. The Labute approximate surface area is 253 Å². The van der Waals surface area contributed by atoms with Crippen LogP contribution in [0.15, 0.2) is 59.6 Å². The number of hydrogen-bond donors (Lipinski definition) is 7. The average molecular weight is 591 g/mol. The van der Waals surface area contributed by atoms with Crippen LogP contribution in [-0.4, -0.2) is 48.1 Å².